The van der Waals surface area contributed by atoms with Crippen molar-refractivity contribution in [1.82, 2.24) is 15.3 Å². The van der Waals surface area contributed by atoms with E-state index in [1.807, 2.05) is 26.0 Å². The molecule has 1 saturated heterocycles. The summed E-state index contributed by atoms with van der Waals surface area (Å²) in [6.07, 6.45) is 0. The van der Waals surface area contributed by atoms with Gasteiger partial charge in [0, 0.05) is 32.9 Å². The first-order chi connectivity index (χ1) is 21.9. The van der Waals surface area contributed by atoms with Crippen molar-refractivity contribution in [1.29, 1.82) is 0 Å². The lowest BCUT2D eigenvalue weighted by molar-refractivity contribution is -0.915. The number of methoxy groups -OCH3 is 1. The molecular formula is C34H37Cl2F2N4O3S+. The predicted octanol–water partition coefficient (Wildman–Crippen LogP) is 7.50. The quantitative estimate of drug-likeness (QED) is 0.126. The normalized spacial score (nSPS) is 14.7. The highest BCUT2D eigenvalue weighted by atomic mass is 35.5. The zero-order valence-corrected chi connectivity index (χ0v) is 28.5. The number of hydrogen-bond acceptors (Lipinski definition) is 5. The monoisotopic (exact) mass is 689 g/mol. The number of halogens is 4. The number of benzene rings is 3. The van der Waals surface area contributed by atoms with Crippen molar-refractivity contribution in [3.63, 3.8) is 0 Å². The summed E-state index contributed by atoms with van der Waals surface area (Å²) >= 11 is 14.1. The highest BCUT2D eigenvalue weighted by Crippen LogP contribution is 2.41. The van der Waals surface area contributed by atoms with Crippen LogP contribution in [0.1, 0.15) is 41.0 Å². The number of nitrogens with zero attached hydrogens (tertiary/aromatic N) is 2. The second-order valence-corrected chi connectivity index (χ2v) is 13.9. The van der Waals surface area contributed by atoms with Gasteiger partial charge in [-0.1, -0.05) is 54.9 Å². The van der Waals surface area contributed by atoms with Crippen LogP contribution in [0.15, 0.2) is 59.8 Å². The lowest BCUT2D eigenvalue weighted by atomic mass is 9.79. The maximum atomic E-state index is 15.4. The zero-order chi connectivity index (χ0) is 33.1. The summed E-state index contributed by atoms with van der Waals surface area (Å²) in [5.74, 6) is -0.598. The fourth-order valence-electron chi connectivity index (χ4n) is 5.44. The van der Waals surface area contributed by atoms with Crippen molar-refractivity contribution in [2.45, 2.75) is 30.2 Å². The highest BCUT2D eigenvalue weighted by molar-refractivity contribution is 7.98. The van der Waals surface area contributed by atoms with Crippen LogP contribution in [0.5, 0.6) is 5.75 Å². The molecule has 5 rings (SSSR count). The van der Waals surface area contributed by atoms with E-state index < -0.39 is 11.2 Å². The fraction of sp³-hybridized carbons (Fsp3) is 0.353. The van der Waals surface area contributed by atoms with E-state index in [1.165, 1.54) is 36.0 Å². The van der Waals surface area contributed by atoms with Crippen LogP contribution < -0.4 is 10.1 Å². The first-order valence-corrected chi connectivity index (χ1v) is 16.6. The molecule has 2 heterocycles. The Morgan fingerprint density at radius 3 is 2.48 bits per heavy atom. The number of carbonyl (C=O) groups is 1. The van der Waals surface area contributed by atoms with Crippen molar-refractivity contribution in [2.24, 2.45) is 0 Å². The van der Waals surface area contributed by atoms with Gasteiger partial charge in [-0.15, -0.1) is 0 Å². The molecule has 0 spiro atoms. The van der Waals surface area contributed by atoms with Crippen molar-refractivity contribution in [3.8, 4) is 17.0 Å². The molecule has 0 unspecified atom stereocenters. The van der Waals surface area contributed by atoms with E-state index in [1.54, 1.807) is 25.3 Å². The number of aromatic amines is 1. The number of rotatable bonds is 11. The Bertz CT molecular complexity index is 1690. The van der Waals surface area contributed by atoms with E-state index in [0.29, 0.717) is 41.4 Å². The van der Waals surface area contributed by atoms with Gasteiger partial charge in [-0.05, 0) is 54.1 Å². The summed E-state index contributed by atoms with van der Waals surface area (Å²) in [6, 6.07) is 14.4. The van der Waals surface area contributed by atoms with Gasteiger partial charge in [0.15, 0.2) is 5.16 Å². The minimum absolute atomic E-state index is 0.156. The Kier molecular flexibility index (Phi) is 10.6. The lowest BCUT2D eigenvalue weighted by Crippen LogP contribution is -2.54. The number of amides is 1. The van der Waals surface area contributed by atoms with E-state index >= 15 is 4.39 Å². The van der Waals surface area contributed by atoms with E-state index in [4.69, 9.17) is 37.7 Å². The molecule has 12 heteroatoms. The minimum Gasteiger partial charge on any atom is -0.495 e. The van der Waals surface area contributed by atoms with E-state index in [-0.39, 0.29) is 33.6 Å². The molecule has 244 valence electrons. The standard InChI is InChI=1S/C34H36Cl2F2N4O3S/c1-34(2,23-7-10-26(35)29(19-23)44-4)31-30(21-5-8-24(37)9-6-21)40-33(41-31)46-20-25-27(36)17-22(18-28(25)38)32(43)39-11-12-42(3)13-15-45-16-14-42/h5-10,17-19H,11-16,20H2,1-4H3,(H-,39,40,41,43)/p+1. The molecule has 2 N–H and O–H groups in total. The Labute approximate surface area is 282 Å². The first-order valence-electron chi connectivity index (χ1n) is 14.9. The number of quaternary nitrogens is 1. The largest absolute Gasteiger partial charge is 0.495 e. The molecule has 1 amide bonds. The molecule has 0 aliphatic carbocycles. The van der Waals surface area contributed by atoms with Crippen LogP contribution in [-0.4, -0.2) is 73.9 Å². The van der Waals surface area contributed by atoms with Crippen LogP contribution >= 0.6 is 35.0 Å². The van der Waals surface area contributed by atoms with E-state index in [9.17, 15) is 9.18 Å². The Hall–Kier alpha value is -3.15. The van der Waals surface area contributed by atoms with Gasteiger partial charge >= 0.3 is 0 Å². The molecule has 0 saturated carbocycles. The number of carbonyl (C=O) groups excluding carboxylic acids is 1. The number of thioether (sulfide) groups is 1. The third-order valence-electron chi connectivity index (χ3n) is 8.54. The van der Waals surface area contributed by atoms with Gasteiger partial charge in [0.25, 0.3) is 5.91 Å². The molecular weight excluding hydrogens is 653 g/mol. The number of morpholine rings is 1. The third kappa shape index (κ3) is 7.69. The highest BCUT2D eigenvalue weighted by Gasteiger charge is 2.31. The van der Waals surface area contributed by atoms with Crippen LogP contribution in [0.3, 0.4) is 0 Å². The first kappa shape index (κ1) is 34.2. The second-order valence-electron chi connectivity index (χ2n) is 12.1. The van der Waals surface area contributed by atoms with Gasteiger partial charge < -0.3 is 24.3 Å². The number of aromatic nitrogens is 2. The molecule has 1 fully saturated rings. The van der Waals surface area contributed by atoms with E-state index in [0.717, 1.165) is 40.9 Å². The molecule has 0 atom stereocenters. The fourth-order valence-corrected chi connectivity index (χ4v) is 6.90. The molecule has 0 bridgehead atoms. The molecule has 4 aromatic rings. The summed E-state index contributed by atoms with van der Waals surface area (Å²) < 4.78 is 40.9. The van der Waals surface area contributed by atoms with Gasteiger partial charge in [-0.25, -0.2) is 13.8 Å². The minimum atomic E-state index is -0.605. The Morgan fingerprint density at radius 1 is 1.09 bits per heavy atom. The molecule has 46 heavy (non-hydrogen) atoms. The maximum absolute atomic E-state index is 15.4. The second kappa shape index (κ2) is 14.3. The molecule has 1 aliphatic rings. The molecule has 1 aromatic heterocycles. The topological polar surface area (TPSA) is 76.2 Å². The number of H-pyrrole nitrogens is 1. The number of ether oxygens (including phenoxy) is 2. The van der Waals surface area contributed by atoms with Gasteiger partial charge in [0.05, 0.1) is 56.9 Å². The molecule has 7 nitrogen and oxygen atoms in total. The number of nitrogens with one attached hydrogen (secondary N) is 2. The predicted molar refractivity (Wildman–Crippen MR) is 179 cm³/mol. The van der Waals surface area contributed by atoms with Gasteiger partial charge in [0.2, 0.25) is 0 Å². The summed E-state index contributed by atoms with van der Waals surface area (Å²) in [4.78, 5) is 21.1. The Balaban J connectivity index is 1.35. The summed E-state index contributed by atoms with van der Waals surface area (Å²) in [5.41, 5.74) is 2.87. The Morgan fingerprint density at radius 2 is 1.80 bits per heavy atom. The van der Waals surface area contributed by atoms with Gasteiger partial charge in [0.1, 0.15) is 30.5 Å². The molecule has 0 radical (unpaired) electrons. The molecule has 1 aliphatic heterocycles. The third-order valence-corrected chi connectivity index (χ3v) is 10.1. The van der Waals surface area contributed by atoms with Gasteiger partial charge in [-0.3, -0.25) is 4.79 Å². The average Bonchev–Trinajstić information content (AvgIpc) is 3.46. The van der Waals surface area contributed by atoms with Gasteiger partial charge in [-0.2, -0.15) is 0 Å². The van der Waals surface area contributed by atoms with Crippen LogP contribution in [0, 0.1) is 11.6 Å². The van der Waals surface area contributed by atoms with Crippen LogP contribution in [0.4, 0.5) is 8.78 Å². The van der Waals surface area contributed by atoms with Crippen LogP contribution in [-0.2, 0) is 15.9 Å². The summed E-state index contributed by atoms with van der Waals surface area (Å²) in [6.45, 7) is 8.47. The number of hydrogen-bond donors (Lipinski definition) is 2. The summed E-state index contributed by atoms with van der Waals surface area (Å²) in [7, 11) is 3.70. The smallest absolute Gasteiger partial charge is 0.251 e. The summed E-state index contributed by atoms with van der Waals surface area (Å²) in [5, 5.41) is 4.07. The average molecular weight is 691 g/mol. The van der Waals surface area contributed by atoms with Crippen LogP contribution in [0.25, 0.3) is 11.3 Å². The maximum Gasteiger partial charge on any atom is 0.251 e. The van der Waals surface area contributed by atoms with Crippen molar-refractivity contribution < 1.29 is 27.5 Å². The molecule has 3 aromatic carbocycles. The lowest BCUT2D eigenvalue weighted by Gasteiger charge is -2.37. The van der Waals surface area contributed by atoms with Crippen LogP contribution in [0.2, 0.25) is 10.0 Å². The van der Waals surface area contributed by atoms with E-state index in [2.05, 4.69) is 17.3 Å². The zero-order valence-electron chi connectivity index (χ0n) is 26.2. The number of likely N-dealkylation sites (N-methyl/N-ethyl adjacent to an activating group) is 1. The van der Waals surface area contributed by atoms with Crippen molar-refractivity contribution >= 4 is 40.9 Å². The van der Waals surface area contributed by atoms with Crippen molar-refractivity contribution in [2.75, 3.05) is 53.6 Å². The SMILES string of the molecule is COc1cc(C(C)(C)c2[nH]c(SCc3c(F)cc(C(=O)NCC[N+]4(C)CCOCC4)cc3Cl)nc2-c2ccc(F)cc2)ccc1Cl. The van der Waals surface area contributed by atoms with Crippen molar-refractivity contribution in [3.05, 3.63) is 98.7 Å². The number of imidazole rings is 1.